The molecule has 0 atom stereocenters. The van der Waals surface area contributed by atoms with Crippen molar-refractivity contribution in [3.05, 3.63) is 53.6 Å². The molecule has 0 aliphatic heterocycles. The second-order valence-corrected chi connectivity index (χ2v) is 8.72. The van der Waals surface area contributed by atoms with Crippen LogP contribution in [0.4, 0.5) is 5.69 Å². The number of nitrogens with zero attached hydrogens (tertiary/aromatic N) is 1. The Morgan fingerprint density at radius 3 is 1.96 bits per heavy atom. The van der Waals surface area contributed by atoms with Gasteiger partial charge in [-0.05, 0) is 33.6 Å². The van der Waals surface area contributed by atoms with E-state index < -0.39 is 0 Å². The molecular weight excluding hydrogens is 320 g/mol. The van der Waals surface area contributed by atoms with Crippen LogP contribution in [0.3, 0.4) is 0 Å². The summed E-state index contributed by atoms with van der Waals surface area (Å²) in [6.45, 7) is 13.0. The first-order chi connectivity index (χ1) is 12.0. The van der Waals surface area contributed by atoms with E-state index in [0.29, 0.717) is 0 Å². The Bertz CT molecular complexity index is 828. The number of nitrogens with one attached hydrogen (secondary N) is 1. The van der Waals surface area contributed by atoms with Crippen LogP contribution in [0.25, 0.3) is 11.1 Å². The smallest absolute Gasteiger partial charge is 0.238 e. The Hall–Kier alpha value is -2.60. The predicted octanol–water partition coefficient (Wildman–Crippen LogP) is 5.80. The van der Waals surface area contributed by atoms with Crippen LogP contribution >= 0.6 is 0 Å². The maximum absolute atomic E-state index is 12.0. The Labute approximate surface area is 157 Å². The van der Waals surface area contributed by atoms with Crippen LogP contribution in [0.1, 0.15) is 59.1 Å². The van der Waals surface area contributed by atoms with Crippen LogP contribution in [0, 0.1) is 11.3 Å². The van der Waals surface area contributed by atoms with Crippen molar-refractivity contribution in [2.24, 2.45) is 0 Å². The van der Waals surface area contributed by atoms with Gasteiger partial charge in [-0.3, -0.25) is 4.79 Å². The summed E-state index contributed by atoms with van der Waals surface area (Å²) in [6, 6.07) is 16.5. The summed E-state index contributed by atoms with van der Waals surface area (Å²) >= 11 is 0. The summed E-state index contributed by atoms with van der Waals surface area (Å²) in [7, 11) is 0. The average molecular weight is 348 g/mol. The van der Waals surface area contributed by atoms with Gasteiger partial charge in [0.05, 0.1) is 6.07 Å². The monoisotopic (exact) mass is 348 g/mol. The fraction of sp³-hybridized carbons (Fsp3) is 0.391. The minimum atomic E-state index is -0.286. The molecule has 0 fully saturated rings. The highest BCUT2D eigenvalue weighted by molar-refractivity contribution is 5.96. The second-order valence-electron chi connectivity index (χ2n) is 8.72. The number of carbonyl (C=O) groups excluding carboxylic acids is 1. The van der Waals surface area contributed by atoms with E-state index in [-0.39, 0.29) is 23.2 Å². The third-order valence-electron chi connectivity index (χ3n) is 4.46. The van der Waals surface area contributed by atoms with Gasteiger partial charge in [-0.2, -0.15) is 5.26 Å². The van der Waals surface area contributed by atoms with Crippen molar-refractivity contribution in [3.8, 4) is 17.2 Å². The van der Waals surface area contributed by atoms with Gasteiger partial charge < -0.3 is 5.32 Å². The van der Waals surface area contributed by atoms with Gasteiger partial charge in [0.25, 0.3) is 0 Å². The molecule has 3 nitrogen and oxygen atoms in total. The zero-order valence-electron chi connectivity index (χ0n) is 16.6. The van der Waals surface area contributed by atoms with Gasteiger partial charge in [-0.1, -0.05) is 77.9 Å². The minimum absolute atomic E-state index is 0.0245. The highest BCUT2D eigenvalue weighted by atomic mass is 16.1. The molecule has 2 rings (SSSR count). The number of anilines is 1. The van der Waals surface area contributed by atoms with Crippen molar-refractivity contribution >= 4 is 11.6 Å². The van der Waals surface area contributed by atoms with E-state index in [1.165, 1.54) is 5.56 Å². The molecule has 0 aliphatic carbocycles. The quantitative estimate of drug-likeness (QED) is 0.762. The second kappa shape index (κ2) is 7.33. The molecular formula is C23H28N2O. The highest BCUT2D eigenvalue weighted by Crippen LogP contribution is 2.34. The average Bonchev–Trinajstić information content (AvgIpc) is 2.53. The maximum Gasteiger partial charge on any atom is 0.238 e. The molecule has 0 bridgehead atoms. The van der Waals surface area contributed by atoms with E-state index in [9.17, 15) is 4.79 Å². The zero-order chi connectivity index (χ0) is 19.5. The van der Waals surface area contributed by atoms with Crippen LogP contribution in [0.5, 0.6) is 0 Å². The number of benzene rings is 2. The van der Waals surface area contributed by atoms with Crippen molar-refractivity contribution in [1.29, 1.82) is 5.26 Å². The lowest BCUT2D eigenvalue weighted by molar-refractivity contribution is -0.115. The van der Waals surface area contributed by atoms with Crippen LogP contribution in [0.2, 0.25) is 0 Å². The van der Waals surface area contributed by atoms with Gasteiger partial charge in [0, 0.05) is 11.3 Å². The molecule has 0 saturated heterocycles. The number of hydrogen-bond donors (Lipinski definition) is 1. The summed E-state index contributed by atoms with van der Waals surface area (Å²) in [5, 5.41) is 11.7. The summed E-state index contributed by atoms with van der Waals surface area (Å²) in [6.07, 6.45) is -0.151. The molecule has 0 unspecified atom stereocenters. The van der Waals surface area contributed by atoms with Crippen molar-refractivity contribution in [1.82, 2.24) is 0 Å². The van der Waals surface area contributed by atoms with Gasteiger partial charge >= 0.3 is 0 Å². The number of carbonyl (C=O) groups is 1. The molecule has 0 radical (unpaired) electrons. The maximum atomic E-state index is 12.0. The third-order valence-corrected chi connectivity index (χ3v) is 4.46. The fourth-order valence-electron chi connectivity index (χ4n) is 2.78. The largest absolute Gasteiger partial charge is 0.325 e. The van der Waals surface area contributed by atoms with Gasteiger partial charge in [0.15, 0.2) is 0 Å². The Morgan fingerprint density at radius 1 is 0.923 bits per heavy atom. The van der Waals surface area contributed by atoms with Crippen LogP contribution in [-0.4, -0.2) is 5.91 Å². The lowest BCUT2D eigenvalue weighted by atomic mass is 9.84. The van der Waals surface area contributed by atoms with E-state index in [0.717, 1.165) is 22.4 Å². The molecule has 2 aromatic rings. The van der Waals surface area contributed by atoms with Crippen molar-refractivity contribution in [2.75, 3.05) is 5.32 Å². The lowest BCUT2D eigenvalue weighted by Gasteiger charge is -2.22. The summed E-state index contributed by atoms with van der Waals surface area (Å²) in [5.74, 6) is -0.286. The normalized spacial score (nSPS) is 11.7. The topological polar surface area (TPSA) is 52.9 Å². The van der Waals surface area contributed by atoms with E-state index in [4.69, 9.17) is 5.26 Å². The number of nitriles is 1. The molecule has 1 amide bonds. The molecule has 0 aliphatic rings. The lowest BCUT2D eigenvalue weighted by Crippen LogP contribution is -2.15. The Morgan fingerprint density at radius 2 is 1.46 bits per heavy atom. The van der Waals surface area contributed by atoms with E-state index in [1.54, 1.807) is 0 Å². The van der Waals surface area contributed by atoms with Crippen molar-refractivity contribution in [2.45, 2.75) is 58.8 Å². The minimum Gasteiger partial charge on any atom is -0.325 e. The van der Waals surface area contributed by atoms with Crippen LogP contribution in [-0.2, 0) is 15.6 Å². The molecule has 0 spiro atoms. The summed E-state index contributed by atoms with van der Waals surface area (Å²) < 4.78 is 0. The SMILES string of the molecule is CC(C)(C)c1ccc(-c2ccc(C(C)(C)C)cc2NC(=O)CC#N)cc1. The number of rotatable bonds is 3. The molecule has 0 aromatic heterocycles. The molecule has 2 aromatic carbocycles. The summed E-state index contributed by atoms with van der Waals surface area (Å²) in [5.41, 5.74) is 5.24. The van der Waals surface area contributed by atoms with E-state index in [1.807, 2.05) is 12.1 Å². The Kier molecular flexibility index (Phi) is 5.56. The Balaban J connectivity index is 2.49. The van der Waals surface area contributed by atoms with Gasteiger partial charge in [-0.25, -0.2) is 0 Å². The first-order valence-electron chi connectivity index (χ1n) is 8.94. The van der Waals surface area contributed by atoms with Gasteiger partial charge in [0.2, 0.25) is 5.91 Å². The van der Waals surface area contributed by atoms with Crippen LogP contribution < -0.4 is 5.32 Å². The first kappa shape index (κ1) is 19.7. The van der Waals surface area contributed by atoms with E-state index in [2.05, 4.69) is 83.3 Å². The highest BCUT2D eigenvalue weighted by Gasteiger charge is 2.18. The molecule has 26 heavy (non-hydrogen) atoms. The van der Waals surface area contributed by atoms with Gasteiger partial charge in [-0.15, -0.1) is 0 Å². The predicted molar refractivity (Wildman–Crippen MR) is 108 cm³/mol. The van der Waals surface area contributed by atoms with Crippen molar-refractivity contribution in [3.63, 3.8) is 0 Å². The molecule has 136 valence electrons. The van der Waals surface area contributed by atoms with Gasteiger partial charge in [0.1, 0.15) is 6.42 Å². The first-order valence-corrected chi connectivity index (χ1v) is 8.94. The van der Waals surface area contributed by atoms with E-state index >= 15 is 0 Å². The molecule has 1 N–H and O–H groups in total. The van der Waals surface area contributed by atoms with Crippen molar-refractivity contribution < 1.29 is 4.79 Å². The van der Waals surface area contributed by atoms with Crippen LogP contribution in [0.15, 0.2) is 42.5 Å². The molecule has 0 heterocycles. The number of amides is 1. The molecule has 3 heteroatoms. The number of hydrogen-bond acceptors (Lipinski definition) is 2. The summed E-state index contributed by atoms with van der Waals surface area (Å²) in [4.78, 5) is 12.0. The third kappa shape index (κ3) is 4.73. The molecule has 0 saturated carbocycles. The fourth-order valence-corrected chi connectivity index (χ4v) is 2.78. The zero-order valence-corrected chi connectivity index (χ0v) is 16.6. The standard InChI is InChI=1S/C23H28N2O/c1-22(2,3)17-9-7-16(8-10-17)19-12-11-18(23(4,5)6)15-20(19)25-21(26)13-14-24/h7-12,15H,13H2,1-6H3,(H,25,26).